The Morgan fingerprint density at radius 2 is 1.65 bits per heavy atom. The lowest BCUT2D eigenvalue weighted by Gasteiger charge is -1.98. The molecule has 4 N–H and O–H groups in total. The molecule has 0 saturated carbocycles. The average Bonchev–Trinajstić information content (AvgIpc) is 2.35. The van der Waals surface area contributed by atoms with Crippen LogP contribution in [0.2, 0.25) is 0 Å². The van der Waals surface area contributed by atoms with Crippen LogP contribution in [0, 0.1) is 0 Å². The van der Waals surface area contributed by atoms with Gasteiger partial charge in [0, 0.05) is 13.1 Å². The zero-order valence-corrected chi connectivity index (χ0v) is 11.1. The molecular formula is C12H27N3O2. The van der Waals surface area contributed by atoms with Crippen LogP contribution in [0.1, 0.15) is 26.2 Å². The zero-order valence-electron chi connectivity index (χ0n) is 11.1. The third kappa shape index (κ3) is 52.4. The second kappa shape index (κ2) is 29.3. The molecule has 1 amide bonds. The standard InChI is InChI=1S/C7H16N2O.C3H6.C2H5NO/c1-8-5-3-2-4-6-9-7-10;1-3-2;3-1-2-4/h7-8H,2-6H2,1H3,(H,9,10);3H,1H2,2H3;2H,1,3H2. The molecule has 0 saturated heterocycles. The van der Waals surface area contributed by atoms with Crippen molar-refractivity contribution in [3.05, 3.63) is 12.7 Å². The summed E-state index contributed by atoms with van der Waals surface area (Å²) in [6.07, 6.45) is 6.61. The van der Waals surface area contributed by atoms with Gasteiger partial charge in [0.1, 0.15) is 6.29 Å². The molecule has 0 heterocycles. The summed E-state index contributed by atoms with van der Waals surface area (Å²) in [6.45, 7) is 7.27. The summed E-state index contributed by atoms with van der Waals surface area (Å²) in [5.74, 6) is 0. The molecule has 0 aliphatic rings. The number of hydrogen-bond acceptors (Lipinski definition) is 4. The molecule has 0 aliphatic heterocycles. The van der Waals surface area contributed by atoms with Crippen molar-refractivity contribution in [2.75, 3.05) is 26.7 Å². The van der Waals surface area contributed by atoms with Gasteiger partial charge in [0.2, 0.25) is 6.41 Å². The number of amides is 1. The molecule has 0 aromatic rings. The van der Waals surface area contributed by atoms with E-state index in [9.17, 15) is 4.79 Å². The molecular weight excluding hydrogens is 218 g/mol. The summed E-state index contributed by atoms with van der Waals surface area (Å²) in [7, 11) is 1.95. The summed E-state index contributed by atoms with van der Waals surface area (Å²) >= 11 is 0. The average molecular weight is 245 g/mol. The van der Waals surface area contributed by atoms with Crippen molar-refractivity contribution in [2.45, 2.75) is 26.2 Å². The van der Waals surface area contributed by atoms with Crippen LogP contribution >= 0.6 is 0 Å². The number of carbonyl (C=O) groups excluding carboxylic acids is 2. The van der Waals surface area contributed by atoms with Crippen molar-refractivity contribution in [2.24, 2.45) is 5.73 Å². The number of carbonyl (C=O) groups is 2. The maximum absolute atomic E-state index is 9.77. The first kappa shape index (κ1) is 21.1. The summed E-state index contributed by atoms with van der Waals surface area (Å²) in [6, 6.07) is 0. The first-order valence-corrected chi connectivity index (χ1v) is 5.77. The van der Waals surface area contributed by atoms with Crippen molar-refractivity contribution < 1.29 is 9.59 Å². The number of rotatable bonds is 8. The summed E-state index contributed by atoms with van der Waals surface area (Å²) < 4.78 is 0. The Bertz CT molecular complexity index is 153. The van der Waals surface area contributed by atoms with Gasteiger partial charge in [-0.15, -0.1) is 6.58 Å². The van der Waals surface area contributed by atoms with E-state index in [-0.39, 0.29) is 6.54 Å². The molecule has 0 aromatic heterocycles. The molecule has 0 fully saturated rings. The Morgan fingerprint density at radius 1 is 1.18 bits per heavy atom. The zero-order chi connectivity index (χ0) is 13.8. The molecule has 17 heavy (non-hydrogen) atoms. The van der Waals surface area contributed by atoms with Crippen LogP contribution in [0.25, 0.3) is 0 Å². The highest BCUT2D eigenvalue weighted by molar-refractivity contribution is 5.51. The van der Waals surface area contributed by atoms with Crippen molar-refractivity contribution in [1.82, 2.24) is 10.6 Å². The topological polar surface area (TPSA) is 84.2 Å². The van der Waals surface area contributed by atoms with Crippen molar-refractivity contribution >= 4 is 12.7 Å². The van der Waals surface area contributed by atoms with Gasteiger partial charge in [-0.2, -0.15) is 0 Å². The van der Waals surface area contributed by atoms with Gasteiger partial charge < -0.3 is 21.2 Å². The Kier molecular flexibility index (Phi) is 36.5. The highest BCUT2D eigenvalue weighted by atomic mass is 16.1. The largest absolute Gasteiger partial charge is 0.359 e. The van der Waals surface area contributed by atoms with Gasteiger partial charge in [0.25, 0.3) is 0 Å². The maximum Gasteiger partial charge on any atom is 0.207 e. The normalized spacial score (nSPS) is 7.71. The highest BCUT2D eigenvalue weighted by Crippen LogP contribution is 1.90. The minimum atomic E-state index is 0.139. The Hall–Kier alpha value is -1.20. The maximum atomic E-state index is 9.77. The van der Waals surface area contributed by atoms with Gasteiger partial charge in [0.05, 0.1) is 0 Å². The second-order valence-corrected chi connectivity index (χ2v) is 3.05. The fourth-order valence-corrected chi connectivity index (χ4v) is 0.765. The number of unbranched alkanes of at least 4 members (excludes halogenated alkanes) is 2. The first-order valence-electron chi connectivity index (χ1n) is 5.77. The molecule has 0 bridgehead atoms. The fraction of sp³-hybridized carbons (Fsp3) is 0.667. The van der Waals surface area contributed by atoms with E-state index in [0.29, 0.717) is 6.29 Å². The number of hydrogen-bond donors (Lipinski definition) is 3. The Balaban J connectivity index is -0.000000232. The molecule has 0 radical (unpaired) electrons. The third-order valence-electron chi connectivity index (χ3n) is 1.43. The van der Waals surface area contributed by atoms with Gasteiger partial charge in [0.15, 0.2) is 0 Å². The van der Waals surface area contributed by atoms with Crippen molar-refractivity contribution in [3.8, 4) is 0 Å². The van der Waals surface area contributed by atoms with E-state index < -0.39 is 0 Å². The first-order chi connectivity index (χ1) is 8.24. The van der Waals surface area contributed by atoms with Crippen LogP contribution in [0.5, 0.6) is 0 Å². The highest BCUT2D eigenvalue weighted by Gasteiger charge is 1.85. The lowest BCUT2D eigenvalue weighted by atomic mass is 10.2. The van der Waals surface area contributed by atoms with Crippen LogP contribution in [0.15, 0.2) is 12.7 Å². The summed E-state index contributed by atoms with van der Waals surface area (Å²) in [5, 5.41) is 5.69. The van der Waals surface area contributed by atoms with E-state index in [1.165, 1.54) is 12.8 Å². The van der Waals surface area contributed by atoms with Crippen molar-refractivity contribution in [3.63, 3.8) is 0 Å². The van der Waals surface area contributed by atoms with Gasteiger partial charge in [-0.3, -0.25) is 4.79 Å². The summed E-state index contributed by atoms with van der Waals surface area (Å²) in [5.41, 5.74) is 4.66. The van der Waals surface area contributed by atoms with E-state index in [4.69, 9.17) is 4.79 Å². The number of aldehydes is 1. The predicted octanol–water partition coefficient (Wildman–Crippen LogP) is 0.458. The van der Waals surface area contributed by atoms with E-state index in [1.54, 1.807) is 6.08 Å². The van der Waals surface area contributed by atoms with Crippen LogP contribution in [-0.2, 0) is 9.59 Å². The number of nitrogens with two attached hydrogens (primary N) is 1. The predicted molar refractivity (Wildman–Crippen MR) is 72.8 cm³/mol. The van der Waals surface area contributed by atoms with Crippen LogP contribution < -0.4 is 16.4 Å². The molecule has 5 heteroatoms. The number of nitrogens with one attached hydrogen (secondary N) is 2. The fourth-order valence-electron chi connectivity index (χ4n) is 0.765. The molecule has 0 aliphatic carbocycles. The van der Waals surface area contributed by atoms with Crippen LogP contribution in [0.4, 0.5) is 0 Å². The monoisotopic (exact) mass is 245 g/mol. The van der Waals surface area contributed by atoms with Crippen molar-refractivity contribution in [1.29, 1.82) is 0 Å². The quantitative estimate of drug-likeness (QED) is 0.329. The lowest BCUT2D eigenvalue weighted by Crippen LogP contribution is -2.13. The molecule has 5 nitrogen and oxygen atoms in total. The van der Waals surface area contributed by atoms with E-state index in [2.05, 4.69) is 22.9 Å². The van der Waals surface area contributed by atoms with Gasteiger partial charge in [-0.05, 0) is 33.4 Å². The van der Waals surface area contributed by atoms with Gasteiger partial charge >= 0.3 is 0 Å². The smallest absolute Gasteiger partial charge is 0.207 e. The van der Waals surface area contributed by atoms with E-state index >= 15 is 0 Å². The molecule has 0 aromatic carbocycles. The SMILES string of the molecule is C=CC.CNCCCCCNC=O.NCC=O. The van der Waals surface area contributed by atoms with Gasteiger partial charge in [-0.25, -0.2) is 0 Å². The van der Waals surface area contributed by atoms with E-state index in [1.807, 2.05) is 14.0 Å². The summed E-state index contributed by atoms with van der Waals surface area (Å²) in [4.78, 5) is 18.8. The minimum absolute atomic E-state index is 0.139. The second-order valence-electron chi connectivity index (χ2n) is 3.05. The molecule has 102 valence electrons. The molecule has 0 atom stereocenters. The van der Waals surface area contributed by atoms with E-state index in [0.717, 1.165) is 25.9 Å². The molecule has 0 unspecified atom stereocenters. The van der Waals surface area contributed by atoms with Crippen LogP contribution in [-0.4, -0.2) is 39.4 Å². The third-order valence-corrected chi connectivity index (χ3v) is 1.43. The van der Waals surface area contributed by atoms with Crippen LogP contribution in [0.3, 0.4) is 0 Å². The van der Waals surface area contributed by atoms with Gasteiger partial charge in [-0.1, -0.05) is 12.5 Å². The number of allylic oxidation sites excluding steroid dienone is 1. The molecule has 0 spiro atoms. The minimum Gasteiger partial charge on any atom is -0.359 e. The Labute approximate surface area is 105 Å². The molecule has 0 rings (SSSR count). The lowest BCUT2D eigenvalue weighted by molar-refractivity contribution is -0.109. The Morgan fingerprint density at radius 3 is 2.00 bits per heavy atom.